The van der Waals surface area contributed by atoms with Gasteiger partial charge in [-0.25, -0.2) is 9.18 Å². The molecule has 0 aliphatic carbocycles. The molecule has 0 unspecified atom stereocenters. The number of carboxylic acid groups (broad SMARTS) is 1. The Morgan fingerprint density at radius 2 is 1.50 bits per heavy atom. The lowest BCUT2D eigenvalue weighted by molar-refractivity contribution is 0.0692. The summed E-state index contributed by atoms with van der Waals surface area (Å²) in [5.41, 5.74) is 1.22. The number of benzene rings is 3. The number of aromatic carboxylic acids is 1. The van der Waals surface area contributed by atoms with E-state index in [0.29, 0.717) is 5.56 Å². The van der Waals surface area contributed by atoms with Gasteiger partial charge in [-0.3, -0.25) is 0 Å². The van der Waals surface area contributed by atoms with E-state index in [1.54, 1.807) is 6.07 Å². The lowest BCUT2D eigenvalue weighted by atomic mass is 10.00. The number of carboxylic acids is 1. The van der Waals surface area contributed by atoms with E-state index in [2.05, 4.69) is 0 Å². The third-order valence-electron chi connectivity index (χ3n) is 3.28. The van der Waals surface area contributed by atoms with Gasteiger partial charge in [0.15, 0.2) is 0 Å². The van der Waals surface area contributed by atoms with Gasteiger partial charge in [0.05, 0.1) is 5.56 Å². The SMILES string of the molecule is O=C(O)c1ccc(-c2ccc3ccccc3c2)cc1F. The smallest absolute Gasteiger partial charge is 0.338 e. The second-order valence-electron chi connectivity index (χ2n) is 4.56. The first-order valence-corrected chi connectivity index (χ1v) is 6.17. The highest BCUT2D eigenvalue weighted by atomic mass is 19.1. The lowest BCUT2D eigenvalue weighted by Gasteiger charge is -2.06. The molecule has 0 saturated carbocycles. The summed E-state index contributed by atoms with van der Waals surface area (Å²) < 4.78 is 13.7. The zero-order valence-electron chi connectivity index (χ0n) is 10.5. The number of fused-ring (bicyclic) bond motifs is 1. The monoisotopic (exact) mass is 266 g/mol. The fourth-order valence-electron chi connectivity index (χ4n) is 2.24. The van der Waals surface area contributed by atoms with Crippen LogP contribution < -0.4 is 0 Å². The third-order valence-corrected chi connectivity index (χ3v) is 3.28. The van der Waals surface area contributed by atoms with E-state index in [0.717, 1.165) is 16.3 Å². The zero-order chi connectivity index (χ0) is 14.1. The summed E-state index contributed by atoms with van der Waals surface area (Å²) in [6, 6.07) is 17.9. The molecule has 0 atom stereocenters. The van der Waals surface area contributed by atoms with Crippen molar-refractivity contribution in [3.05, 3.63) is 72.0 Å². The van der Waals surface area contributed by atoms with Crippen LogP contribution in [0.5, 0.6) is 0 Å². The summed E-state index contributed by atoms with van der Waals surface area (Å²) in [4.78, 5) is 10.8. The van der Waals surface area contributed by atoms with Gasteiger partial charge in [-0.15, -0.1) is 0 Å². The summed E-state index contributed by atoms with van der Waals surface area (Å²) in [5.74, 6) is -1.98. The minimum absolute atomic E-state index is 0.311. The average molecular weight is 266 g/mol. The molecule has 0 aromatic heterocycles. The molecule has 0 spiro atoms. The van der Waals surface area contributed by atoms with Gasteiger partial charge in [-0.1, -0.05) is 42.5 Å². The van der Waals surface area contributed by atoms with E-state index in [1.165, 1.54) is 12.1 Å². The van der Waals surface area contributed by atoms with Crippen LogP contribution in [0.1, 0.15) is 10.4 Å². The van der Waals surface area contributed by atoms with Crippen LogP contribution in [0, 0.1) is 5.82 Å². The first-order valence-electron chi connectivity index (χ1n) is 6.17. The molecule has 0 aliphatic rings. The summed E-state index contributed by atoms with van der Waals surface area (Å²) in [6.45, 7) is 0. The van der Waals surface area contributed by atoms with Gasteiger partial charge in [0.2, 0.25) is 0 Å². The summed E-state index contributed by atoms with van der Waals surface area (Å²) in [7, 11) is 0. The molecular weight excluding hydrogens is 255 g/mol. The van der Waals surface area contributed by atoms with Crippen LogP contribution in [0.15, 0.2) is 60.7 Å². The molecule has 0 heterocycles. The van der Waals surface area contributed by atoms with Gasteiger partial charge < -0.3 is 5.11 Å². The van der Waals surface area contributed by atoms with Gasteiger partial charge in [0.1, 0.15) is 5.82 Å². The van der Waals surface area contributed by atoms with E-state index in [1.807, 2.05) is 42.5 Å². The normalized spacial score (nSPS) is 10.7. The van der Waals surface area contributed by atoms with E-state index in [4.69, 9.17) is 5.11 Å². The van der Waals surface area contributed by atoms with Gasteiger partial charge in [-0.2, -0.15) is 0 Å². The lowest BCUT2D eigenvalue weighted by Crippen LogP contribution is -2.00. The Morgan fingerprint density at radius 1 is 0.850 bits per heavy atom. The highest BCUT2D eigenvalue weighted by Crippen LogP contribution is 2.26. The molecule has 3 heteroatoms. The molecule has 2 nitrogen and oxygen atoms in total. The Labute approximate surface area is 115 Å². The van der Waals surface area contributed by atoms with Crippen LogP contribution in [-0.4, -0.2) is 11.1 Å². The Morgan fingerprint density at radius 3 is 2.20 bits per heavy atom. The molecule has 0 radical (unpaired) electrons. The van der Waals surface area contributed by atoms with Crippen molar-refractivity contribution in [1.82, 2.24) is 0 Å². The number of carbonyl (C=O) groups is 1. The van der Waals surface area contributed by atoms with Gasteiger partial charge >= 0.3 is 5.97 Å². The molecule has 98 valence electrons. The zero-order valence-corrected chi connectivity index (χ0v) is 10.5. The van der Waals surface area contributed by atoms with Crippen LogP contribution in [-0.2, 0) is 0 Å². The van der Waals surface area contributed by atoms with Gasteiger partial charge in [0, 0.05) is 0 Å². The fourth-order valence-corrected chi connectivity index (χ4v) is 2.24. The molecule has 1 N–H and O–H groups in total. The van der Waals surface area contributed by atoms with Crippen molar-refractivity contribution < 1.29 is 14.3 Å². The third kappa shape index (κ3) is 2.14. The van der Waals surface area contributed by atoms with Crippen molar-refractivity contribution in [3.8, 4) is 11.1 Å². The van der Waals surface area contributed by atoms with E-state index < -0.39 is 11.8 Å². The van der Waals surface area contributed by atoms with Crippen molar-refractivity contribution >= 4 is 16.7 Å². The molecule has 0 fully saturated rings. The van der Waals surface area contributed by atoms with Crippen molar-refractivity contribution in [3.63, 3.8) is 0 Å². The number of hydrogen-bond donors (Lipinski definition) is 1. The molecule has 3 aromatic carbocycles. The van der Waals surface area contributed by atoms with E-state index in [9.17, 15) is 9.18 Å². The fraction of sp³-hybridized carbons (Fsp3) is 0. The Kier molecular flexibility index (Phi) is 2.95. The summed E-state index contributed by atoms with van der Waals surface area (Å²) in [6.07, 6.45) is 0. The average Bonchev–Trinajstić information content (AvgIpc) is 2.46. The second kappa shape index (κ2) is 4.78. The van der Waals surface area contributed by atoms with Crippen molar-refractivity contribution in [1.29, 1.82) is 0 Å². The van der Waals surface area contributed by atoms with Gasteiger partial charge in [0.25, 0.3) is 0 Å². The van der Waals surface area contributed by atoms with Crippen LogP contribution in [0.4, 0.5) is 4.39 Å². The van der Waals surface area contributed by atoms with Crippen LogP contribution in [0.25, 0.3) is 21.9 Å². The molecule has 20 heavy (non-hydrogen) atoms. The highest BCUT2D eigenvalue weighted by Gasteiger charge is 2.11. The largest absolute Gasteiger partial charge is 0.478 e. The Bertz CT molecular complexity index is 809. The summed E-state index contributed by atoms with van der Waals surface area (Å²) >= 11 is 0. The molecule has 3 rings (SSSR count). The maximum absolute atomic E-state index is 13.7. The minimum atomic E-state index is -1.26. The highest BCUT2D eigenvalue weighted by molar-refractivity contribution is 5.90. The molecule has 3 aromatic rings. The maximum Gasteiger partial charge on any atom is 0.338 e. The molecule has 0 bridgehead atoms. The van der Waals surface area contributed by atoms with E-state index >= 15 is 0 Å². The second-order valence-corrected chi connectivity index (χ2v) is 4.56. The molecule has 0 saturated heterocycles. The molecular formula is C17H11FO2. The van der Waals surface area contributed by atoms with Crippen molar-refractivity contribution in [2.45, 2.75) is 0 Å². The summed E-state index contributed by atoms with van der Waals surface area (Å²) in [5, 5.41) is 11.0. The number of hydrogen-bond acceptors (Lipinski definition) is 1. The van der Waals surface area contributed by atoms with Gasteiger partial charge in [-0.05, 0) is 40.1 Å². The standard InChI is InChI=1S/C17H11FO2/c18-16-10-14(7-8-15(16)17(19)20)13-6-5-11-3-1-2-4-12(11)9-13/h1-10H,(H,19,20). The van der Waals surface area contributed by atoms with Crippen LogP contribution >= 0.6 is 0 Å². The van der Waals surface area contributed by atoms with Crippen LogP contribution in [0.3, 0.4) is 0 Å². The van der Waals surface area contributed by atoms with Crippen molar-refractivity contribution in [2.24, 2.45) is 0 Å². The number of rotatable bonds is 2. The van der Waals surface area contributed by atoms with E-state index in [-0.39, 0.29) is 5.56 Å². The molecule has 0 amide bonds. The molecule has 0 aliphatic heterocycles. The predicted molar refractivity (Wildman–Crippen MR) is 76.3 cm³/mol. The number of halogens is 1. The maximum atomic E-state index is 13.7. The predicted octanol–water partition coefficient (Wildman–Crippen LogP) is 4.34. The van der Waals surface area contributed by atoms with Crippen molar-refractivity contribution in [2.75, 3.05) is 0 Å². The van der Waals surface area contributed by atoms with Crippen LogP contribution in [0.2, 0.25) is 0 Å². The topological polar surface area (TPSA) is 37.3 Å². The first kappa shape index (κ1) is 12.4. The Hall–Kier alpha value is -2.68. The quantitative estimate of drug-likeness (QED) is 0.749. The Balaban J connectivity index is 2.11. The first-order chi connectivity index (χ1) is 9.65. The minimum Gasteiger partial charge on any atom is -0.478 e.